The van der Waals surface area contributed by atoms with Crippen LogP contribution < -0.4 is 5.73 Å². The van der Waals surface area contributed by atoms with Crippen LogP contribution in [0, 0.1) is 5.92 Å². The van der Waals surface area contributed by atoms with Crippen LogP contribution in [0.25, 0.3) is 0 Å². The maximum Gasteiger partial charge on any atom is 0.401 e. The summed E-state index contributed by atoms with van der Waals surface area (Å²) in [6.07, 6.45) is -1.98. The van der Waals surface area contributed by atoms with Gasteiger partial charge in [-0.2, -0.15) is 13.2 Å². The molecule has 4 nitrogen and oxygen atoms in total. The van der Waals surface area contributed by atoms with Gasteiger partial charge in [-0.15, -0.1) is 0 Å². The smallest absolute Gasteiger partial charge is 0.370 e. The third-order valence-electron chi connectivity index (χ3n) is 3.31. The Hall–Kier alpha value is -0.980. The number of likely N-dealkylation sites (tertiary alicyclic amines) is 1. The summed E-state index contributed by atoms with van der Waals surface area (Å²) < 4.78 is 36.3. The van der Waals surface area contributed by atoms with Crippen molar-refractivity contribution in [3.63, 3.8) is 0 Å². The van der Waals surface area contributed by atoms with Crippen molar-refractivity contribution in [3.05, 3.63) is 0 Å². The van der Waals surface area contributed by atoms with Gasteiger partial charge >= 0.3 is 6.18 Å². The molecule has 0 aromatic carbocycles. The van der Waals surface area contributed by atoms with Crippen LogP contribution in [-0.2, 0) is 0 Å². The van der Waals surface area contributed by atoms with E-state index in [-0.39, 0.29) is 6.54 Å². The van der Waals surface area contributed by atoms with Gasteiger partial charge in [-0.1, -0.05) is 6.92 Å². The maximum atomic E-state index is 12.1. The molecule has 112 valence electrons. The lowest BCUT2D eigenvalue weighted by atomic mass is 10.00. The van der Waals surface area contributed by atoms with Crippen LogP contribution in [0.3, 0.4) is 0 Å². The highest BCUT2D eigenvalue weighted by Gasteiger charge is 2.28. The second-order valence-corrected chi connectivity index (χ2v) is 5.26. The van der Waals surface area contributed by atoms with Gasteiger partial charge in [-0.05, 0) is 25.8 Å². The molecule has 0 atom stereocenters. The number of nitrogens with zero attached hydrogens (tertiary/aromatic N) is 3. The Labute approximate surface area is 112 Å². The number of alkyl halides is 3. The number of hydrogen-bond donors (Lipinski definition) is 1. The van der Waals surface area contributed by atoms with Gasteiger partial charge in [0.25, 0.3) is 0 Å². The first-order valence-corrected chi connectivity index (χ1v) is 6.58. The minimum atomic E-state index is -4.16. The third kappa shape index (κ3) is 6.66. The zero-order valence-electron chi connectivity index (χ0n) is 11.6. The number of halogens is 3. The number of nitrogens with two attached hydrogens (primary N) is 1. The van der Waals surface area contributed by atoms with E-state index in [0.29, 0.717) is 18.4 Å². The van der Waals surface area contributed by atoms with Crippen molar-refractivity contribution < 1.29 is 13.2 Å². The highest BCUT2D eigenvalue weighted by atomic mass is 19.4. The number of aliphatic imine (C=N–C) groups is 1. The highest BCUT2D eigenvalue weighted by Crippen LogP contribution is 2.16. The summed E-state index contributed by atoms with van der Waals surface area (Å²) in [6, 6.07) is 0. The molecule has 2 N–H and O–H groups in total. The molecule has 1 rings (SSSR count). The van der Waals surface area contributed by atoms with Gasteiger partial charge < -0.3 is 10.6 Å². The normalized spacial score (nSPS) is 19.3. The Kier molecular flexibility index (Phi) is 5.90. The molecule has 19 heavy (non-hydrogen) atoms. The molecule has 1 aliphatic rings. The molecule has 0 unspecified atom stereocenters. The lowest BCUT2D eigenvalue weighted by Gasteiger charge is -2.31. The van der Waals surface area contributed by atoms with E-state index in [1.165, 1.54) is 11.9 Å². The van der Waals surface area contributed by atoms with Crippen molar-refractivity contribution in [2.75, 3.05) is 39.8 Å². The van der Waals surface area contributed by atoms with Gasteiger partial charge in [0.15, 0.2) is 5.96 Å². The molecule has 0 radical (unpaired) electrons. The number of rotatable bonds is 4. The predicted octanol–water partition coefficient (Wildman–Crippen LogP) is 1.53. The number of piperidine rings is 1. The molecule has 0 aliphatic carbocycles. The quantitative estimate of drug-likeness (QED) is 0.627. The standard InChI is InChI=1S/C12H23F3N4/c1-10-3-6-19(7-4-10)11(16)17-5-8-18(2)9-12(13,14)15/h10H,3-9H2,1-2H3,(H2,16,17). The topological polar surface area (TPSA) is 44.9 Å². The molecular weight excluding hydrogens is 257 g/mol. The summed E-state index contributed by atoms with van der Waals surface area (Å²) in [5, 5.41) is 0. The Balaban J connectivity index is 2.28. The number of guanidine groups is 1. The lowest BCUT2D eigenvalue weighted by Crippen LogP contribution is -2.43. The van der Waals surface area contributed by atoms with Crippen molar-refractivity contribution >= 4 is 5.96 Å². The van der Waals surface area contributed by atoms with Crippen LogP contribution in [0.5, 0.6) is 0 Å². The molecule has 1 fully saturated rings. The summed E-state index contributed by atoms with van der Waals surface area (Å²) in [6.45, 7) is 3.61. The molecule has 1 heterocycles. The molecule has 0 aromatic rings. The fourth-order valence-corrected chi connectivity index (χ4v) is 2.06. The van der Waals surface area contributed by atoms with Gasteiger partial charge in [-0.3, -0.25) is 9.89 Å². The zero-order chi connectivity index (χ0) is 14.5. The van der Waals surface area contributed by atoms with Crippen molar-refractivity contribution in [1.29, 1.82) is 0 Å². The first-order valence-electron chi connectivity index (χ1n) is 6.58. The van der Waals surface area contributed by atoms with Gasteiger partial charge in [0, 0.05) is 19.6 Å². The first kappa shape index (κ1) is 16.1. The van der Waals surface area contributed by atoms with Crippen molar-refractivity contribution in [2.45, 2.75) is 25.9 Å². The van der Waals surface area contributed by atoms with Crippen molar-refractivity contribution in [1.82, 2.24) is 9.80 Å². The van der Waals surface area contributed by atoms with E-state index < -0.39 is 12.7 Å². The molecule has 0 aromatic heterocycles. The second-order valence-electron chi connectivity index (χ2n) is 5.26. The largest absolute Gasteiger partial charge is 0.401 e. The van der Waals surface area contributed by atoms with E-state index in [9.17, 15) is 13.2 Å². The molecule has 7 heteroatoms. The average Bonchev–Trinajstić information content (AvgIpc) is 2.27. The Morgan fingerprint density at radius 2 is 1.95 bits per heavy atom. The van der Waals surface area contributed by atoms with E-state index in [1.54, 1.807) is 0 Å². The van der Waals surface area contributed by atoms with E-state index in [4.69, 9.17) is 5.73 Å². The van der Waals surface area contributed by atoms with E-state index >= 15 is 0 Å². The molecule has 0 saturated carbocycles. The molecule has 0 bridgehead atoms. The van der Waals surface area contributed by atoms with Crippen molar-refractivity contribution in [3.8, 4) is 0 Å². The maximum absolute atomic E-state index is 12.1. The minimum absolute atomic E-state index is 0.254. The summed E-state index contributed by atoms with van der Waals surface area (Å²) in [5.41, 5.74) is 5.84. The van der Waals surface area contributed by atoms with Crippen molar-refractivity contribution in [2.24, 2.45) is 16.6 Å². The van der Waals surface area contributed by atoms with E-state index in [1.807, 2.05) is 4.90 Å². The average molecular weight is 280 g/mol. The molecule has 0 amide bonds. The first-order chi connectivity index (χ1) is 8.78. The van der Waals surface area contributed by atoms with Crippen LogP contribution in [0.2, 0.25) is 0 Å². The summed E-state index contributed by atoms with van der Waals surface area (Å²) in [4.78, 5) is 7.36. The predicted molar refractivity (Wildman–Crippen MR) is 70.0 cm³/mol. The number of likely N-dealkylation sites (N-methyl/N-ethyl adjacent to an activating group) is 1. The van der Waals surface area contributed by atoms with Gasteiger partial charge in [0.1, 0.15) is 0 Å². The molecule has 0 spiro atoms. The molecule has 1 aliphatic heterocycles. The van der Waals surface area contributed by atoms with Crippen LogP contribution in [0.15, 0.2) is 4.99 Å². The monoisotopic (exact) mass is 280 g/mol. The number of hydrogen-bond acceptors (Lipinski definition) is 2. The lowest BCUT2D eigenvalue weighted by molar-refractivity contribution is -0.142. The van der Waals surface area contributed by atoms with E-state index in [0.717, 1.165) is 25.9 Å². The highest BCUT2D eigenvalue weighted by molar-refractivity contribution is 5.78. The van der Waals surface area contributed by atoms with Crippen LogP contribution in [-0.4, -0.2) is 61.7 Å². The zero-order valence-corrected chi connectivity index (χ0v) is 11.6. The van der Waals surface area contributed by atoms with E-state index in [2.05, 4.69) is 11.9 Å². The van der Waals surface area contributed by atoms with Gasteiger partial charge in [-0.25, -0.2) is 0 Å². The van der Waals surface area contributed by atoms with Gasteiger partial charge in [0.2, 0.25) is 0 Å². The fraction of sp³-hybridized carbons (Fsp3) is 0.917. The Morgan fingerprint density at radius 1 is 1.37 bits per heavy atom. The molecular formula is C12H23F3N4. The van der Waals surface area contributed by atoms with Crippen LogP contribution in [0.1, 0.15) is 19.8 Å². The summed E-state index contributed by atoms with van der Waals surface area (Å²) >= 11 is 0. The summed E-state index contributed by atoms with van der Waals surface area (Å²) in [7, 11) is 1.43. The van der Waals surface area contributed by atoms with Crippen LogP contribution >= 0.6 is 0 Å². The Bertz CT molecular complexity index is 296. The third-order valence-corrected chi connectivity index (χ3v) is 3.31. The Morgan fingerprint density at radius 3 is 2.47 bits per heavy atom. The van der Waals surface area contributed by atoms with Crippen LogP contribution in [0.4, 0.5) is 13.2 Å². The fourth-order valence-electron chi connectivity index (χ4n) is 2.06. The summed E-state index contributed by atoms with van der Waals surface area (Å²) in [5.74, 6) is 1.16. The molecule has 1 saturated heterocycles. The second kappa shape index (κ2) is 6.98. The SMILES string of the molecule is CC1CCN(C(N)=NCCN(C)CC(F)(F)F)CC1. The minimum Gasteiger partial charge on any atom is -0.370 e. The van der Waals surface area contributed by atoms with Gasteiger partial charge in [0.05, 0.1) is 13.1 Å².